The van der Waals surface area contributed by atoms with Gasteiger partial charge in [0.1, 0.15) is 5.92 Å². The van der Waals surface area contributed by atoms with Crippen molar-refractivity contribution in [1.82, 2.24) is 10.3 Å². The maximum absolute atomic E-state index is 11.2. The van der Waals surface area contributed by atoms with E-state index in [1.807, 2.05) is 0 Å². The summed E-state index contributed by atoms with van der Waals surface area (Å²) >= 11 is 0. The third kappa shape index (κ3) is 2.19. The minimum absolute atomic E-state index is 0.285. The number of carbonyl (C=O) groups is 1. The summed E-state index contributed by atoms with van der Waals surface area (Å²) in [7, 11) is 0. The number of aromatic amines is 1. The van der Waals surface area contributed by atoms with E-state index in [9.17, 15) is 9.90 Å². The second-order valence-corrected chi connectivity index (χ2v) is 3.57. The molecule has 0 saturated carbocycles. The molecule has 1 aromatic heterocycles. The topological polar surface area (TPSA) is 74.3 Å². The van der Waals surface area contributed by atoms with Crippen LogP contribution >= 0.6 is 0 Å². The van der Waals surface area contributed by atoms with E-state index < -0.39 is 11.9 Å². The van der Waals surface area contributed by atoms with Crippen LogP contribution in [0.3, 0.4) is 0 Å². The molecule has 2 rings (SSSR count). The van der Waals surface area contributed by atoms with Gasteiger partial charge in [0.05, 0.1) is 12.7 Å². The number of ether oxygens (including phenoxy) is 1. The number of aromatic nitrogens is 1. The number of H-pyrrole nitrogens is 1. The molecule has 2 atom stereocenters. The Morgan fingerprint density at radius 1 is 1.67 bits per heavy atom. The molecule has 82 valence electrons. The standard InChI is InChI=1S/C10H14N2O3/c13-10(14)9(7-1-2-11-5-7)8-6-12-3-4-15-8/h1-2,5,8-9,11-12H,3-4,6H2,(H,13,14). The van der Waals surface area contributed by atoms with E-state index in [0.29, 0.717) is 13.2 Å². The quantitative estimate of drug-likeness (QED) is 0.665. The van der Waals surface area contributed by atoms with Gasteiger partial charge in [0.15, 0.2) is 0 Å². The van der Waals surface area contributed by atoms with Crippen molar-refractivity contribution in [1.29, 1.82) is 0 Å². The van der Waals surface area contributed by atoms with Crippen LogP contribution in [-0.2, 0) is 9.53 Å². The van der Waals surface area contributed by atoms with Gasteiger partial charge in [-0.3, -0.25) is 4.79 Å². The van der Waals surface area contributed by atoms with E-state index in [2.05, 4.69) is 10.3 Å². The Hall–Kier alpha value is -1.33. The van der Waals surface area contributed by atoms with Crippen molar-refractivity contribution in [2.24, 2.45) is 0 Å². The number of rotatable bonds is 3. The van der Waals surface area contributed by atoms with Gasteiger partial charge >= 0.3 is 5.97 Å². The minimum atomic E-state index is -0.844. The van der Waals surface area contributed by atoms with Gasteiger partial charge in [-0.05, 0) is 11.6 Å². The Bertz CT molecular complexity index is 317. The Labute approximate surface area is 87.4 Å². The summed E-state index contributed by atoms with van der Waals surface area (Å²) in [5.41, 5.74) is 0.760. The van der Waals surface area contributed by atoms with Crippen LogP contribution in [0.4, 0.5) is 0 Å². The predicted octanol–water partition coefficient (Wildman–Crippen LogP) is 0.171. The van der Waals surface area contributed by atoms with E-state index in [0.717, 1.165) is 12.1 Å². The number of carboxylic acid groups (broad SMARTS) is 1. The summed E-state index contributed by atoms with van der Waals surface area (Å²) in [5.74, 6) is -1.44. The van der Waals surface area contributed by atoms with Crippen LogP contribution < -0.4 is 5.32 Å². The molecule has 1 aliphatic rings. The average Bonchev–Trinajstić information content (AvgIpc) is 2.72. The molecule has 0 spiro atoms. The summed E-state index contributed by atoms with van der Waals surface area (Å²) in [6, 6.07) is 1.77. The predicted molar refractivity (Wildman–Crippen MR) is 53.8 cm³/mol. The lowest BCUT2D eigenvalue weighted by molar-refractivity contribution is -0.143. The summed E-state index contributed by atoms with van der Waals surface area (Å²) in [6.45, 7) is 1.94. The molecule has 1 aromatic rings. The molecule has 0 amide bonds. The van der Waals surface area contributed by atoms with Gasteiger partial charge in [0.25, 0.3) is 0 Å². The highest BCUT2D eigenvalue weighted by Gasteiger charge is 2.32. The fourth-order valence-corrected chi connectivity index (χ4v) is 1.85. The maximum Gasteiger partial charge on any atom is 0.313 e. The number of aliphatic carboxylic acids is 1. The molecule has 1 saturated heterocycles. The zero-order valence-corrected chi connectivity index (χ0v) is 8.27. The molecule has 2 heterocycles. The maximum atomic E-state index is 11.2. The Morgan fingerprint density at radius 3 is 3.07 bits per heavy atom. The van der Waals surface area contributed by atoms with Crippen molar-refractivity contribution in [2.45, 2.75) is 12.0 Å². The molecule has 1 aliphatic heterocycles. The Kier molecular flexibility index (Phi) is 3.03. The number of morpholine rings is 1. The average molecular weight is 210 g/mol. The SMILES string of the molecule is O=C(O)C(c1cc[nH]c1)C1CNCCO1. The normalized spacial score (nSPS) is 23.6. The van der Waals surface area contributed by atoms with Crippen molar-refractivity contribution in [3.05, 3.63) is 24.0 Å². The van der Waals surface area contributed by atoms with Gasteiger partial charge in [-0.2, -0.15) is 0 Å². The van der Waals surface area contributed by atoms with E-state index >= 15 is 0 Å². The molecular weight excluding hydrogens is 196 g/mol. The first kappa shape index (κ1) is 10.2. The van der Waals surface area contributed by atoms with Gasteiger partial charge in [0.2, 0.25) is 0 Å². The summed E-state index contributed by atoms with van der Waals surface area (Å²) in [5, 5.41) is 12.3. The zero-order valence-electron chi connectivity index (χ0n) is 8.27. The van der Waals surface area contributed by atoms with Crippen LogP contribution in [-0.4, -0.2) is 41.9 Å². The van der Waals surface area contributed by atoms with Gasteiger partial charge in [-0.15, -0.1) is 0 Å². The lowest BCUT2D eigenvalue weighted by atomic mass is 9.95. The molecule has 0 bridgehead atoms. The molecule has 1 fully saturated rings. The fraction of sp³-hybridized carbons (Fsp3) is 0.500. The zero-order chi connectivity index (χ0) is 10.7. The first-order valence-electron chi connectivity index (χ1n) is 4.97. The van der Waals surface area contributed by atoms with E-state index in [-0.39, 0.29) is 6.10 Å². The Morgan fingerprint density at radius 2 is 2.53 bits per heavy atom. The highest BCUT2D eigenvalue weighted by molar-refractivity contribution is 5.76. The summed E-state index contributed by atoms with van der Waals surface area (Å²) in [4.78, 5) is 14.0. The van der Waals surface area contributed by atoms with Gasteiger partial charge < -0.3 is 20.1 Å². The molecule has 0 aromatic carbocycles. The Balaban J connectivity index is 2.15. The lowest BCUT2D eigenvalue weighted by Gasteiger charge is -2.28. The number of hydrogen-bond donors (Lipinski definition) is 3. The molecule has 0 radical (unpaired) electrons. The molecule has 15 heavy (non-hydrogen) atoms. The largest absolute Gasteiger partial charge is 0.481 e. The third-order valence-corrected chi connectivity index (χ3v) is 2.58. The van der Waals surface area contributed by atoms with Crippen LogP contribution in [0, 0.1) is 0 Å². The van der Waals surface area contributed by atoms with Gasteiger partial charge in [0, 0.05) is 25.5 Å². The first-order valence-corrected chi connectivity index (χ1v) is 4.97. The number of carboxylic acids is 1. The fourth-order valence-electron chi connectivity index (χ4n) is 1.85. The smallest absolute Gasteiger partial charge is 0.313 e. The van der Waals surface area contributed by atoms with Crippen LogP contribution in [0.2, 0.25) is 0 Å². The second-order valence-electron chi connectivity index (χ2n) is 3.57. The van der Waals surface area contributed by atoms with Crippen LogP contribution in [0.1, 0.15) is 11.5 Å². The lowest BCUT2D eigenvalue weighted by Crippen LogP contribution is -2.43. The van der Waals surface area contributed by atoms with Crippen LogP contribution in [0.25, 0.3) is 0 Å². The summed E-state index contributed by atoms with van der Waals surface area (Å²) < 4.78 is 5.47. The van der Waals surface area contributed by atoms with E-state index in [4.69, 9.17) is 4.74 Å². The minimum Gasteiger partial charge on any atom is -0.481 e. The summed E-state index contributed by atoms with van der Waals surface area (Å²) in [6.07, 6.45) is 3.14. The molecule has 2 unspecified atom stereocenters. The van der Waals surface area contributed by atoms with Crippen LogP contribution in [0.15, 0.2) is 18.5 Å². The van der Waals surface area contributed by atoms with Crippen molar-refractivity contribution in [3.63, 3.8) is 0 Å². The number of hydrogen-bond acceptors (Lipinski definition) is 3. The van der Waals surface area contributed by atoms with E-state index in [1.165, 1.54) is 0 Å². The molecular formula is C10H14N2O3. The third-order valence-electron chi connectivity index (χ3n) is 2.58. The van der Waals surface area contributed by atoms with Crippen molar-refractivity contribution < 1.29 is 14.6 Å². The highest BCUT2D eigenvalue weighted by atomic mass is 16.5. The van der Waals surface area contributed by atoms with Gasteiger partial charge in [-0.25, -0.2) is 0 Å². The monoisotopic (exact) mass is 210 g/mol. The highest BCUT2D eigenvalue weighted by Crippen LogP contribution is 2.22. The molecule has 3 N–H and O–H groups in total. The van der Waals surface area contributed by atoms with Crippen molar-refractivity contribution >= 4 is 5.97 Å². The second kappa shape index (κ2) is 4.46. The van der Waals surface area contributed by atoms with Crippen molar-refractivity contribution in [2.75, 3.05) is 19.7 Å². The van der Waals surface area contributed by atoms with Gasteiger partial charge in [-0.1, -0.05) is 0 Å². The molecule has 0 aliphatic carbocycles. The number of nitrogens with one attached hydrogen (secondary N) is 2. The molecule has 5 heteroatoms. The molecule has 5 nitrogen and oxygen atoms in total. The van der Waals surface area contributed by atoms with Crippen LogP contribution in [0.5, 0.6) is 0 Å². The first-order chi connectivity index (χ1) is 7.29. The van der Waals surface area contributed by atoms with E-state index in [1.54, 1.807) is 18.5 Å². The van der Waals surface area contributed by atoms with Crippen molar-refractivity contribution in [3.8, 4) is 0 Å².